The van der Waals surface area contributed by atoms with Gasteiger partial charge in [0.25, 0.3) is 0 Å². The van der Waals surface area contributed by atoms with Crippen LogP contribution in [0.2, 0.25) is 0 Å². The molecule has 5 heteroatoms. The Balaban J connectivity index is 2.05. The Labute approximate surface area is 116 Å². The van der Waals surface area contributed by atoms with Crippen molar-refractivity contribution in [1.82, 2.24) is 15.1 Å². The Morgan fingerprint density at radius 1 is 1.35 bits per heavy atom. The second-order valence-corrected chi connectivity index (χ2v) is 4.62. The van der Waals surface area contributed by atoms with Crippen molar-refractivity contribution in [3.63, 3.8) is 0 Å². The van der Waals surface area contributed by atoms with Crippen molar-refractivity contribution in [2.24, 2.45) is 0 Å². The summed E-state index contributed by atoms with van der Waals surface area (Å²) in [6.45, 7) is 2.21. The van der Waals surface area contributed by atoms with E-state index in [1.54, 1.807) is 43.3 Å². The van der Waals surface area contributed by atoms with E-state index >= 15 is 0 Å². The Kier molecular flexibility index (Phi) is 4.30. The summed E-state index contributed by atoms with van der Waals surface area (Å²) in [5.74, 6) is -0.369. The molecule has 20 heavy (non-hydrogen) atoms. The maximum absolute atomic E-state index is 12.8. The molecule has 0 aliphatic heterocycles. The topological polar surface area (TPSA) is 49.0 Å². The third kappa shape index (κ3) is 3.54. The number of nitrogens with one attached hydrogen (secondary N) is 1. The van der Waals surface area contributed by atoms with E-state index in [1.165, 1.54) is 12.1 Å². The predicted molar refractivity (Wildman–Crippen MR) is 75.1 cm³/mol. The van der Waals surface area contributed by atoms with E-state index in [2.05, 4.69) is 10.2 Å². The molecule has 0 aliphatic rings. The molecule has 0 atom stereocenters. The molecule has 0 saturated carbocycles. The van der Waals surface area contributed by atoms with E-state index in [9.17, 15) is 9.18 Å². The SMILES string of the molecule is C/C(=C\c1ccc(F)cc1)C(=O)N(C)Cc1ccn[nH]1. The van der Waals surface area contributed by atoms with Gasteiger partial charge in [-0.1, -0.05) is 12.1 Å². The van der Waals surface area contributed by atoms with Crippen LogP contribution in [0.1, 0.15) is 18.2 Å². The van der Waals surface area contributed by atoms with E-state index < -0.39 is 0 Å². The quantitative estimate of drug-likeness (QED) is 0.870. The third-order valence-corrected chi connectivity index (χ3v) is 2.90. The normalized spacial score (nSPS) is 11.4. The first-order chi connectivity index (χ1) is 9.56. The summed E-state index contributed by atoms with van der Waals surface area (Å²) in [5, 5.41) is 6.66. The molecule has 1 heterocycles. The smallest absolute Gasteiger partial charge is 0.249 e. The molecule has 0 bridgehead atoms. The highest BCUT2D eigenvalue weighted by molar-refractivity contribution is 5.97. The van der Waals surface area contributed by atoms with Gasteiger partial charge in [0, 0.05) is 18.8 Å². The number of amides is 1. The molecule has 2 aromatic rings. The zero-order valence-electron chi connectivity index (χ0n) is 11.4. The maximum Gasteiger partial charge on any atom is 0.249 e. The van der Waals surface area contributed by atoms with Gasteiger partial charge in [0.2, 0.25) is 5.91 Å². The fourth-order valence-electron chi connectivity index (χ4n) is 1.87. The van der Waals surface area contributed by atoms with Crippen LogP contribution in [0.25, 0.3) is 6.08 Å². The molecule has 1 aromatic heterocycles. The van der Waals surface area contributed by atoms with E-state index in [4.69, 9.17) is 0 Å². The fourth-order valence-corrected chi connectivity index (χ4v) is 1.87. The van der Waals surface area contributed by atoms with Crippen LogP contribution in [0.3, 0.4) is 0 Å². The summed E-state index contributed by atoms with van der Waals surface area (Å²) in [4.78, 5) is 13.8. The summed E-state index contributed by atoms with van der Waals surface area (Å²) in [6.07, 6.45) is 3.39. The first-order valence-corrected chi connectivity index (χ1v) is 6.24. The fraction of sp³-hybridized carbons (Fsp3) is 0.200. The Morgan fingerprint density at radius 2 is 2.05 bits per heavy atom. The van der Waals surface area contributed by atoms with Gasteiger partial charge in [-0.25, -0.2) is 4.39 Å². The van der Waals surface area contributed by atoms with Crippen molar-refractivity contribution in [3.8, 4) is 0 Å². The van der Waals surface area contributed by atoms with Crippen LogP contribution in [0.5, 0.6) is 0 Å². The van der Waals surface area contributed by atoms with Gasteiger partial charge in [-0.15, -0.1) is 0 Å². The minimum absolute atomic E-state index is 0.0797. The summed E-state index contributed by atoms with van der Waals surface area (Å²) >= 11 is 0. The molecular weight excluding hydrogens is 257 g/mol. The first-order valence-electron chi connectivity index (χ1n) is 6.24. The van der Waals surface area contributed by atoms with E-state index in [1.807, 2.05) is 6.07 Å². The number of likely N-dealkylation sites (N-methyl/N-ethyl adjacent to an activating group) is 1. The molecule has 0 fully saturated rings. The highest BCUT2D eigenvalue weighted by Crippen LogP contribution is 2.11. The van der Waals surface area contributed by atoms with Crippen LogP contribution >= 0.6 is 0 Å². The van der Waals surface area contributed by atoms with Crippen LogP contribution < -0.4 is 0 Å². The molecule has 0 spiro atoms. The van der Waals surface area contributed by atoms with Crippen LogP contribution in [-0.2, 0) is 11.3 Å². The number of H-pyrrole nitrogens is 1. The molecule has 1 N–H and O–H groups in total. The van der Waals surface area contributed by atoms with Gasteiger partial charge in [-0.3, -0.25) is 9.89 Å². The second-order valence-electron chi connectivity index (χ2n) is 4.62. The van der Waals surface area contributed by atoms with Gasteiger partial charge in [-0.2, -0.15) is 5.10 Å². The van der Waals surface area contributed by atoms with Gasteiger partial charge in [-0.05, 0) is 36.8 Å². The third-order valence-electron chi connectivity index (χ3n) is 2.90. The lowest BCUT2D eigenvalue weighted by molar-refractivity contribution is -0.126. The number of carbonyl (C=O) groups excluding carboxylic acids is 1. The summed E-state index contributed by atoms with van der Waals surface area (Å²) in [6, 6.07) is 7.85. The Hall–Kier alpha value is -2.43. The highest BCUT2D eigenvalue weighted by atomic mass is 19.1. The van der Waals surface area contributed by atoms with Gasteiger partial charge in [0.05, 0.1) is 12.2 Å². The maximum atomic E-state index is 12.8. The molecule has 0 aliphatic carbocycles. The van der Waals surface area contributed by atoms with Crippen molar-refractivity contribution < 1.29 is 9.18 Å². The molecule has 2 rings (SSSR count). The number of halogens is 1. The minimum Gasteiger partial charge on any atom is -0.336 e. The number of nitrogens with zero attached hydrogens (tertiary/aromatic N) is 2. The number of benzene rings is 1. The molecule has 0 saturated heterocycles. The predicted octanol–water partition coefficient (Wildman–Crippen LogP) is 2.61. The molecule has 0 radical (unpaired) electrons. The lowest BCUT2D eigenvalue weighted by atomic mass is 10.1. The average molecular weight is 273 g/mol. The zero-order valence-corrected chi connectivity index (χ0v) is 11.4. The minimum atomic E-state index is -0.289. The van der Waals surface area contributed by atoms with Crippen LogP contribution in [0.15, 0.2) is 42.1 Å². The van der Waals surface area contributed by atoms with Crippen LogP contribution in [-0.4, -0.2) is 28.1 Å². The number of carbonyl (C=O) groups is 1. The molecule has 1 aromatic carbocycles. The highest BCUT2D eigenvalue weighted by Gasteiger charge is 2.11. The standard InChI is InChI=1S/C15H16FN3O/c1-11(9-12-3-5-13(16)6-4-12)15(20)19(2)10-14-7-8-17-18-14/h3-9H,10H2,1-2H3,(H,17,18)/b11-9+. The van der Waals surface area contributed by atoms with Gasteiger partial charge in [0.15, 0.2) is 0 Å². The molecular formula is C15H16FN3O. The zero-order chi connectivity index (χ0) is 14.5. The largest absolute Gasteiger partial charge is 0.336 e. The van der Waals surface area contributed by atoms with Crippen LogP contribution in [0, 0.1) is 5.82 Å². The lowest BCUT2D eigenvalue weighted by Crippen LogP contribution is -2.26. The Bertz CT molecular complexity index is 603. The monoisotopic (exact) mass is 273 g/mol. The van der Waals surface area contributed by atoms with Crippen molar-refractivity contribution in [3.05, 3.63) is 59.2 Å². The van der Waals surface area contributed by atoms with Crippen molar-refractivity contribution in [2.75, 3.05) is 7.05 Å². The number of aromatic amines is 1. The Morgan fingerprint density at radius 3 is 2.65 bits per heavy atom. The summed E-state index contributed by atoms with van der Waals surface area (Å²) in [7, 11) is 1.73. The van der Waals surface area contributed by atoms with Crippen molar-refractivity contribution >= 4 is 12.0 Å². The van der Waals surface area contributed by atoms with Crippen molar-refractivity contribution in [1.29, 1.82) is 0 Å². The van der Waals surface area contributed by atoms with E-state index in [0.717, 1.165) is 11.3 Å². The number of aromatic nitrogens is 2. The number of hydrogen-bond donors (Lipinski definition) is 1. The second kappa shape index (κ2) is 6.14. The lowest BCUT2D eigenvalue weighted by Gasteiger charge is -2.16. The van der Waals surface area contributed by atoms with E-state index in [-0.39, 0.29) is 11.7 Å². The molecule has 104 valence electrons. The summed E-state index contributed by atoms with van der Waals surface area (Å²) < 4.78 is 12.8. The number of rotatable bonds is 4. The van der Waals surface area contributed by atoms with Gasteiger partial charge >= 0.3 is 0 Å². The molecule has 1 amide bonds. The van der Waals surface area contributed by atoms with Gasteiger partial charge in [0.1, 0.15) is 5.82 Å². The molecule has 0 unspecified atom stereocenters. The van der Waals surface area contributed by atoms with Crippen LogP contribution in [0.4, 0.5) is 4.39 Å². The molecule has 4 nitrogen and oxygen atoms in total. The number of hydrogen-bond acceptors (Lipinski definition) is 2. The average Bonchev–Trinajstić information content (AvgIpc) is 2.93. The first kappa shape index (κ1) is 14.0. The van der Waals surface area contributed by atoms with Crippen molar-refractivity contribution in [2.45, 2.75) is 13.5 Å². The van der Waals surface area contributed by atoms with E-state index in [0.29, 0.717) is 12.1 Å². The van der Waals surface area contributed by atoms with Gasteiger partial charge < -0.3 is 4.90 Å². The summed E-state index contributed by atoms with van der Waals surface area (Å²) in [5.41, 5.74) is 2.27.